The Hall–Kier alpha value is -6.90. The molecule has 0 saturated carbocycles. The number of benzene rings is 9. The Morgan fingerprint density at radius 1 is 0.321 bits per heavy atom. The molecule has 0 unspecified atom stereocenters. The van der Waals surface area contributed by atoms with Crippen LogP contribution in [-0.4, -0.2) is 0 Å². The van der Waals surface area contributed by atoms with Gasteiger partial charge in [-0.15, -0.1) is 0 Å². The highest BCUT2D eigenvalue weighted by molar-refractivity contribution is 6.28. The van der Waals surface area contributed by atoms with Gasteiger partial charge in [0.25, 0.3) is 0 Å². The Morgan fingerprint density at radius 2 is 0.774 bits per heavy atom. The number of fused-ring (bicyclic) bond motifs is 7. The first-order chi connectivity index (χ1) is 26.2. The Bertz CT molecular complexity index is 3120. The van der Waals surface area contributed by atoms with E-state index in [9.17, 15) is 0 Å². The Labute approximate surface area is 306 Å². The maximum atomic E-state index is 7.02. The van der Waals surface area contributed by atoms with Crippen molar-refractivity contribution >= 4 is 65.0 Å². The molecule has 0 aliphatic rings. The average Bonchev–Trinajstić information content (AvgIpc) is 3.82. The largest absolute Gasteiger partial charge is 0.461 e. The fourth-order valence-electron chi connectivity index (χ4n) is 8.84. The van der Waals surface area contributed by atoms with Gasteiger partial charge in [0.05, 0.1) is 0 Å². The molecule has 2 aromatic heterocycles. The molecule has 0 N–H and O–H groups in total. The van der Waals surface area contributed by atoms with Crippen LogP contribution in [0.25, 0.3) is 110 Å². The summed E-state index contributed by atoms with van der Waals surface area (Å²) >= 11 is 0. The molecule has 11 aromatic rings. The van der Waals surface area contributed by atoms with E-state index >= 15 is 0 Å². The van der Waals surface area contributed by atoms with Gasteiger partial charge in [-0.3, -0.25) is 0 Å². The molecule has 0 amide bonds. The van der Waals surface area contributed by atoms with Gasteiger partial charge in [-0.05, 0) is 90.5 Å². The molecule has 2 heterocycles. The molecule has 0 fully saturated rings. The smallest absolute Gasteiger partial charge is 0.143 e. The predicted octanol–water partition coefficient (Wildman–Crippen LogP) is 14.8. The molecule has 248 valence electrons. The molecule has 0 aliphatic carbocycles. The molecule has 0 bridgehead atoms. The third-order valence-corrected chi connectivity index (χ3v) is 11.0. The van der Waals surface area contributed by atoms with E-state index in [1.54, 1.807) is 0 Å². The van der Waals surface area contributed by atoms with Crippen LogP contribution in [0, 0.1) is 6.92 Å². The summed E-state index contributed by atoms with van der Waals surface area (Å²) in [5.74, 6) is 1.79. The topological polar surface area (TPSA) is 26.3 Å². The lowest BCUT2D eigenvalue weighted by Crippen LogP contribution is -1.91. The lowest BCUT2D eigenvalue weighted by atomic mass is 9.85. The SMILES string of the molecule is Cc1ccc(-c2c3ccccc3c(-c3cccc4oc5c(-c6c7ccccc7c(-c7ccccc7)c7ccccc67)cccc5c34)c3ccccc23)o1. The number of para-hydroxylation sites is 1. The van der Waals surface area contributed by atoms with E-state index in [0.29, 0.717) is 0 Å². The highest BCUT2D eigenvalue weighted by atomic mass is 16.3. The number of rotatable bonds is 4. The Morgan fingerprint density at radius 3 is 1.32 bits per heavy atom. The van der Waals surface area contributed by atoms with Gasteiger partial charge in [0.1, 0.15) is 22.7 Å². The lowest BCUT2D eigenvalue weighted by molar-refractivity contribution is 0.549. The van der Waals surface area contributed by atoms with Gasteiger partial charge in [0.2, 0.25) is 0 Å². The normalized spacial score (nSPS) is 11.9. The summed E-state index contributed by atoms with van der Waals surface area (Å²) in [5, 5.41) is 11.8. The van der Waals surface area contributed by atoms with Crippen LogP contribution in [0.1, 0.15) is 5.76 Å². The van der Waals surface area contributed by atoms with E-state index in [0.717, 1.165) is 60.9 Å². The molecule has 2 nitrogen and oxygen atoms in total. The minimum absolute atomic E-state index is 0.873. The van der Waals surface area contributed by atoms with E-state index in [4.69, 9.17) is 8.83 Å². The van der Waals surface area contributed by atoms with Crippen molar-refractivity contribution in [3.63, 3.8) is 0 Å². The van der Waals surface area contributed by atoms with E-state index in [1.165, 1.54) is 54.6 Å². The van der Waals surface area contributed by atoms with Crippen LogP contribution in [-0.2, 0) is 0 Å². The average molecular weight is 677 g/mol. The first-order valence-corrected chi connectivity index (χ1v) is 18.2. The van der Waals surface area contributed by atoms with Gasteiger partial charge in [-0.1, -0.05) is 158 Å². The van der Waals surface area contributed by atoms with E-state index in [2.05, 4.69) is 170 Å². The minimum atomic E-state index is 0.873. The van der Waals surface area contributed by atoms with Crippen molar-refractivity contribution in [2.75, 3.05) is 0 Å². The van der Waals surface area contributed by atoms with Crippen LogP contribution < -0.4 is 0 Å². The molecule has 0 atom stereocenters. The second-order valence-electron chi connectivity index (χ2n) is 13.9. The van der Waals surface area contributed by atoms with Crippen molar-refractivity contribution in [2.24, 2.45) is 0 Å². The molecular weight excluding hydrogens is 645 g/mol. The van der Waals surface area contributed by atoms with Gasteiger partial charge in [-0.25, -0.2) is 0 Å². The Kier molecular flexibility index (Phi) is 6.50. The van der Waals surface area contributed by atoms with Crippen molar-refractivity contribution in [3.05, 3.63) is 182 Å². The van der Waals surface area contributed by atoms with Crippen LogP contribution in [0.5, 0.6) is 0 Å². The highest BCUT2D eigenvalue weighted by Crippen LogP contribution is 2.50. The number of aryl methyl sites for hydroxylation is 1. The summed E-state index contributed by atoms with van der Waals surface area (Å²) in [6, 6.07) is 63.1. The number of hydrogen-bond donors (Lipinski definition) is 0. The first-order valence-electron chi connectivity index (χ1n) is 18.2. The van der Waals surface area contributed by atoms with Crippen molar-refractivity contribution in [1.29, 1.82) is 0 Å². The minimum Gasteiger partial charge on any atom is -0.461 e. The van der Waals surface area contributed by atoms with Gasteiger partial charge in [0.15, 0.2) is 0 Å². The zero-order valence-electron chi connectivity index (χ0n) is 29.1. The summed E-state index contributed by atoms with van der Waals surface area (Å²) in [5.41, 5.74) is 10.0. The molecule has 9 aromatic carbocycles. The monoisotopic (exact) mass is 676 g/mol. The molecule has 53 heavy (non-hydrogen) atoms. The molecular formula is C51H32O2. The van der Waals surface area contributed by atoms with E-state index < -0.39 is 0 Å². The third kappa shape index (κ3) is 4.39. The second-order valence-corrected chi connectivity index (χ2v) is 13.9. The van der Waals surface area contributed by atoms with Crippen LogP contribution in [0.3, 0.4) is 0 Å². The second kappa shape index (κ2) is 11.6. The van der Waals surface area contributed by atoms with Gasteiger partial charge in [0, 0.05) is 27.5 Å². The fourth-order valence-corrected chi connectivity index (χ4v) is 8.84. The highest BCUT2D eigenvalue weighted by Gasteiger charge is 2.24. The maximum Gasteiger partial charge on any atom is 0.143 e. The fraction of sp³-hybridized carbons (Fsp3) is 0.0196. The van der Waals surface area contributed by atoms with Gasteiger partial charge in [-0.2, -0.15) is 0 Å². The van der Waals surface area contributed by atoms with Crippen LogP contribution in [0.4, 0.5) is 0 Å². The van der Waals surface area contributed by atoms with Crippen LogP contribution >= 0.6 is 0 Å². The van der Waals surface area contributed by atoms with Crippen molar-refractivity contribution in [3.8, 4) is 44.7 Å². The quantitative estimate of drug-likeness (QED) is 0.173. The van der Waals surface area contributed by atoms with Crippen LogP contribution in [0.15, 0.2) is 185 Å². The molecule has 0 aliphatic heterocycles. The molecule has 11 rings (SSSR count). The third-order valence-electron chi connectivity index (χ3n) is 11.0. The summed E-state index contributed by atoms with van der Waals surface area (Å²) in [6.07, 6.45) is 0. The maximum absolute atomic E-state index is 7.02. The zero-order valence-corrected chi connectivity index (χ0v) is 29.1. The van der Waals surface area contributed by atoms with E-state index in [-0.39, 0.29) is 0 Å². The zero-order chi connectivity index (χ0) is 35.0. The summed E-state index contributed by atoms with van der Waals surface area (Å²) in [6.45, 7) is 2.00. The van der Waals surface area contributed by atoms with Gasteiger partial charge < -0.3 is 8.83 Å². The Balaban J connectivity index is 1.24. The molecule has 0 spiro atoms. The molecule has 2 heteroatoms. The van der Waals surface area contributed by atoms with Crippen LogP contribution in [0.2, 0.25) is 0 Å². The molecule has 0 saturated heterocycles. The van der Waals surface area contributed by atoms with E-state index in [1.807, 2.05) is 13.0 Å². The summed E-state index contributed by atoms with van der Waals surface area (Å²) in [4.78, 5) is 0. The predicted molar refractivity (Wildman–Crippen MR) is 222 cm³/mol. The standard InChI is InChI=1S/C51H32O2/c1-31-29-30-45(52-31)49-39-23-11-9-21-37(39)47(38-22-10-12-24-40(38)49)41-25-14-28-44-50(41)43-27-13-26-42(51(43)53-44)48-35-19-7-5-17-33(35)46(32-15-3-2-4-16-32)34-18-6-8-20-36(34)48/h2-30H,1H3. The lowest BCUT2D eigenvalue weighted by Gasteiger charge is -2.18. The number of furan rings is 2. The van der Waals surface area contributed by atoms with Crippen molar-refractivity contribution in [1.82, 2.24) is 0 Å². The van der Waals surface area contributed by atoms with Crippen molar-refractivity contribution in [2.45, 2.75) is 6.92 Å². The number of hydrogen-bond acceptors (Lipinski definition) is 2. The summed E-state index contributed by atoms with van der Waals surface area (Å²) < 4.78 is 13.3. The van der Waals surface area contributed by atoms with Crippen molar-refractivity contribution < 1.29 is 8.83 Å². The summed E-state index contributed by atoms with van der Waals surface area (Å²) in [7, 11) is 0. The molecule has 0 radical (unpaired) electrons. The first kappa shape index (κ1) is 29.8. The van der Waals surface area contributed by atoms with Gasteiger partial charge >= 0.3 is 0 Å².